The van der Waals surface area contributed by atoms with E-state index in [0.29, 0.717) is 35.1 Å². The molecule has 0 unspecified atom stereocenters. The topological polar surface area (TPSA) is 103 Å². The molecule has 0 aliphatic rings. The maximum absolute atomic E-state index is 13.2. The molecular formula is C21H22FN7O. The van der Waals surface area contributed by atoms with E-state index in [-0.39, 0.29) is 17.9 Å². The van der Waals surface area contributed by atoms with Crippen LogP contribution in [0.3, 0.4) is 0 Å². The number of hydrogen-bond acceptors (Lipinski definition) is 7. The van der Waals surface area contributed by atoms with E-state index < -0.39 is 0 Å². The summed E-state index contributed by atoms with van der Waals surface area (Å²) in [6.07, 6.45) is 4.27. The van der Waals surface area contributed by atoms with Crippen LogP contribution in [0.25, 0.3) is 16.9 Å². The highest BCUT2D eigenvalue weighted by Crippen LogP contribution is 2.31. The molecule has 3 N–H and O–H groups in total. The molecule has 0 saturated carbocycles. The van der Waals surface area contributed by atoms with Crippen molar-refractivity contribution >= 4 is 17.3 Å². The molecule has 0 fully saturated rings. The third-order valence-electron chi connectivity index (χ3n) is 4.55. The molecule has 154 valence electrons. The SMILES string of the molecule is CCCOc1nc(N[C@@H](C)c2ccc(F)cc2)cc(-c2c(N)nn3cccnc23)n1. The standard InChI is InChI=1S/C21H22FN7O/c1-3-11-30-21-26-16(18-19(23)28-29-10-4-9-24-20(18)29)12-17(27-21)25-13(2)14-5-7-15(22)8-6-14/h4-10,12-13H,3,11H2,1-2H3,(H2,23,28)(H,25,26,27)/t13-/m0/s1. The van der Waals surface area contributed by atoms with E-state index in [9.17, 15) is 4.39 Å². The molecule has 8 nitrogen and oxygen atoms in total. The maximum Gasteiger partial charge on any atom is 0.318 e. The molecule has 3 aromatic heterocycles. The van der Waals surface area contributed by atoms with Gasteiger partial charge in [-0.25, -0.2) is 13.9 Å². The fourth-order valence-corrected chi connectivity index (χ4v) is 3.09. The molecule has 3 heterocycles. The molecule has 0 spiro atoms. The lowest BCUT2D eigenvalue weighted by atomic mass is 10.1. The molecule has 1 aromatic carbocycles. The Hall–Kier alpha value is -3.75. The van der Waals surface area contributed by atoms with Gasteiger partial charge < -0.3 is 15.8 Å². The number of nitrogen functional groups attached to an aromatic ring is 1. The highest BCUT2D eigenvalue weighted by atomic mass is 19.1. The second kappa shape index (κ2) is 8.32. The number of halogens is 1. The van der Waals surface area contributed by atoms with Crippen molar-refractivity contribution in [3.8, 4) is 17.3 Å². The minimum Gasteiger partial charge on any atom is -0.463 e. The van der Waals surface area contributed by atoms with Gasteiger partial charge in [-0.05, 0) is 37.1 Å². The van der Waals surface area contributed by atoms with E-state index in [1.807, 2.05) is 13.8 Å². The first kappa shape index (κ1) is 19.6. The number of rotatable bonds is 7. The van der Waals surface area contributed by atoms with Crippen LogP contribution in [0.15, 0.2) is 48.8 Å². The third kappa shape index (κ3) is 4.00. The van der Waals surface area contributed by atoms with E-state index >= 15 is 0 Å². The number of nitrogens with one attached hydrogen (secondary N) is 1. The molecule has 0 amide bonds. The van der Waals surface area contributed by atoms with Gasteiger partial charge in [0, 0.05) is 24.5 Å². The van der Waals surface area contributed by atoms with Crippen LogP contribution in [0.4, 0.5) is 16.0 Å². The summed E-state index contributed by atoms with van der Waals surface area (Å²) in [5, 5.41) is 7.62. The fraction of sp³-hybridized carbons (Fsp3) is 0.238. The summed E-state index contributed by atoms with van der Waals surface area (Å²) in [4.78, 5) is 13.4. The van der Waals surface area contributed by atoms with Gasteiger partial charge in [-0.15, -0.1) is 5.10 Å². The van der Waals surface area contributed by atoms with E-state index in [4.69, 9.17) is 10.5 Å². The van der Waals surface area contributed by atoms with Gasteiger partial charge in [0.05, 0.1) is 17.9 Å². The molecule has 0 saturated heterocycles. The monoisotopic (exact) mass is 407 g/mol. The normalized spacial score (nSPS) is 12.1. The number of benzene rings is 1. The van der Waals surface area contributed by atoms with Gasteiger partial charge in [-0.2, -0.15) is 9.97 Å². The summed E-state index contributed by atoms with van der Waals surface area (Å²) in [6.45, 7) is 4.46. The first-order chi connectivity index (χ1) is 14.5. The Kier molecular flexibility index (Phi) is 5.42. The van der Waals surface area contributed by atoms with Crippen LogP contribution in [0.5, 0.6) is 6.01 Å². The van der Waals surface area contributed by atoms with E-state index in [1.54, 1.807) is 41.2 Å². The number of anilines is 2. The van der Waals surface area contributed by atoms with Crippen molar-refractivity contribution < 1.29 is 9.13 Å². The van der Waals surface area contributed by atoms with Crippen molar-refractivity contribution in [1.82, 2.24) is 24.6 Å². The van der Waals surface area contributed by atoms with Crippen LogP contribution >= 0.6 is 0 Å². The maximum atomic E-state index is 13.2. The average molecular weight is 407 g/mol. The summed E-state index contributed by atoms with van der Waals surface area (Å²) in [6, 6.07) is 10.00. The summed E-state index contributed by atoms with van der Waals surface area (Å²) >= 11 is 0. The number of hydrogen-bond donors (Lipinski definition) is 2. The third-order valence-corrected chi connectivity index (χ3v) is 4.55. The molecule has 1 atom stereocenters. The molecule has 4 aromatic rings. The Morgan fingerprint density at radius 2 is 2.03 bits per heavy atom. The van der Waals surface area contributed by atoms with Crippen LogP contribution in [-0.2, 0) is 0 Å². The zero-order valence-corrected chi connectivity index (χ0v) is 16.7. The van der Waals surface area contributed by atoms with Gasteiger partial charge in [0.15, 0.2) is 11.5 Å². The summed E-state index contributed by atoms with van der Waals surface area (Å²) in [5.74, 6) is 0.588. The van der Waals surface area contributed by atoms with E-state index in [1.165, 1.54) is 12.1 Å². The second-order valence-electron chi connectivity index (χ2n) is 6.84. The number of nitrogens with two attached hydrogens (primary N) is 1. The molecular weight excluding hydrogens is 385 g/mol. The zero-order chi connectivity index (χ0) is 21.1. The predicted octanol–water partition coefficient (Wildman–Crippen LogP) is 3.87. The van der Waals surface area contributed by atoms with Gasteiger partial charge in [-0.3, -0.25) is 0 Å². The summed E-state index contributed by atoms with van der Waals surface area (Å²) in [5.41, 5.74) is 8.83. The van der Waals surface area contributed by atoms with Gasteiger partial charge in [0.1, 0.15) is 11.6 Å². The number of ether oxygens (including phenoxy) is 1. The molecule has 0 bridgehead atoms. The summed E-state index contributed by atoms with van der Waals surface area (Å²) in [7, 11) is 0. The number of aromatic nitrogens is 5. The van der Waals surface area contributed by atoms with Gasteiger partial charge >= 0.3 is 6.01 Å². The predicted molar refractivity (Wildman–Crippen MR) is 113 cm³/mol. The van der Waals surface area contributed by atoms with Crippen LogP contribution in [0.2, 0.25) is 0 Å². The molecule has 0 aliphatic carbocycles. The second-order valence-corrected chi connectivity index (χ2v) is 6.84. The molecule has 4 rings (SSSR count). The fourth-order valence-electron chi connectivity index (χ4n) is 3.09. The average Bonchev–Trinajstić information content (AvgIpc) is 3.08. The Balaban J connectivity index is 1.73. The minimum atomic E-state index is -0.276. The van der Waals surface area contributed by atoms with Gasteiger partial charge in [0.2, 0.25) is 0 Å². The van der Waals surface area contributed by atoms with Crippen molar-refractivity contribution in [2.75, 3.05) is 17.7 Å². The van der Waals surface area contributed by atoms with Crippen molar-refractivity contribution in [3.05, 3.63) is 60.2 Å². The van der Waals surface area contributed by atoms with Crippen molar-refractivity contribution in [3.63, 3.8) is 0 Å². The van der Waals surface area contributed by atoms with Crippen LogP contribution in [0.1, 0.15) is 31.9 Å². The molecule has 0 aliphatic heterocycles. The number of nitrogens with zero attached hydrogens (tertiary/aromatic N) is 5. The lowest BCUT2D eigenvalue weighted by Crippen LogP contribution is -2.10. The van der Waals surface area contributed by atoms with Gasteiger partial charge in [-0.1, -0.05) is 19.1 Å². The number of fused-ring (bicyclic) bond motifs is 1. The van der Waals surface area contributed by atoms with Crippen LogP contribution < -0.4 is 15.8 Å². The molecule has 30 heavy (non-hydrogen) atoms. The van der Waals surface area contributed by atoms with E-state index in [2.05, 4.69) is 25.4 Å². The van der Waals surface area contributed by atoms with Crippen LogP contribution in [-0.4, -0.2) is 31.2 Å². The minimum absolute atomic E-state index is 0.119. The molecule has 9 heteroatoms. The lowest BCUT2D eigenvalue weighted by molar-refractivity contribution is 0.293. The Morgan fingerprint density at radius 3 is 2.80 bits per heavy atom. The zero-order valence-electron chi connectivity index (χ0n) is 16.7. The first-order valence-corrected chi connectivity index (χ1v) is 9.68. The van der Waals surface area contributed by atoms with Crippen molar-refractivity contribution in [1.29, 1.82) is 0 Å². The highest BCUT2D eigenvalue weighted by molar-refractivity contribution is 5.85. The van der Waals surface area contributed by atoms with Crippen molar-refractivity contribution in [2.24, 2.45) is 0 Å². The molecule has 0 radical (unpaired) electrons. The summed E-state index contributed by atoms with van der Waals surface area (Å²) < 4.78 is 20.5. The Morgan fingerprint density at radius 1 is 1.23 bits per heavy atom. The lowest BCUT2D eigenvalue weighted by Gasteiger charge is -2.16. The quantitative estimate of drug-likeness (QED) is 0.479. The first-order valence-electron chi connectivity index (χ1n) is 9.68. The van der Waals surface area contributed by atoms with Gasteiger partial charge in [0.25, 0.3) is 0 Å². The highest BCUT2D eigenvalue weighted by Gasteiger charge is 2.18. The van der Waals surface area contributed by atoms with Crippen LogP contribution in [0, 0.1) is 5.82 Å². The Bertz CT molecular complexity index is 1160. The van der Waals surface area contributed by atoms with E-state index in [0.717, 1.165) is 12.0 Å². The van der Waals surface area contributed by atoms with Crippen molar-refractivity contribution in [2.45, 2.75) is 26.3 Å². The Labute approximate surface area is 173 Å². The smallest absolute Gasteiger partial charge is 0.318 e. The largest absolute Gasteiger partial charge is 0.463 e.